The molecule has 0 aliphatic carbocycles. The fourth-order valence-corrected chi connectivity index (χ4v) is 2.92. The van der Waals surface area contributed by atoms with E-state index in [9.17, 15) is 9.18 Å². The summed E-state index contributed by atoms with van der Waals surface area (Å²) in [5.41, 5.74) is 3.57. The van der Waals surface area contributed by atoms with Gasteiger partial charge >= 0.3 is 0 Å². The molecule has 0 saturated heterocycles. The second kappa shape index (κ2) is 8.06. The number of aryl methyl sites for hydroxylation is 1. The molecule has 0 bridgehead atoms. The number of halogens is 1. The van der Waals surface area contributed by atoms with Gasteiger partial charge in [-0.1, -0.05) is 35.9 Å². The van der Waals surface area contributed by atoms with Gasteiger partial charge in [0.05, 0.1) is 0 Å². The maximum atomic E-state index is 13.7. The smallest absolute Gasteiger partial charge is 0.251 e. The van der Waals surface area contributed by atoms with Crippen molar-refractivity contribution in [2.24, 2.45) is 0 Å². The Morgan fingerprint density at radius 2 is 1.66 bits per heavy atom. The van der Waals surface area contributed by atoms with E-state index in [2.05, 4.69) is 15.5 Å². The fraction of sp³-hybridized carbons (Fsp3) is 0.0870. The molecule has 1 amide bonds. The molecular formula is C23H18FN3O2. The molecule has 4 aromatic rings. The van der Waals surface area contributed by atoms with Gasteiger partial charge in [-0.05, 0) is 49.4 Å². The lowest BCUT2D eigenvalue weighted by molar-refractivity contribution is 0.0950. The number of aromatic nitrogens is 2. The maximum absolute atomic E-state index is 13.7. The molecule has 3 aromatic carbocycles. The van der Waals surface area contributed by atoms with Crippen molar-refractivity contribution in [1.29, 1.82) is 0 Å². The highest BCUT2D eigenvalue weighted by Crippen LogP contribution is 2.24. The number of benzene rings is 3. The summed E-state index contributed by atoms with van der Waals surface area (Å²) in [7, 11) is 0. The Labute approximate surface area is 167 Å². The first-order valence-corrected chi connectivity index (χ1v) is 9.13. The number of rotatable bonds is 5. The first-order chi connectivity index (χ1) is 14.1. The molecule has 1 aromatic heterocycles. The summed E-state index contributed by atoms with van der Waals surface area (Å²) in [6, 6.07) is 21.0. The summed E-state index contributed by atoms with van der Waals surface area (Å²) in [5, 5.41) is 10.9. The van der Waals surface area contributed by atoms with Gasteiger partial charge in [0.15, 0.2) is 0 Å². The van der Waals surface area contributed by atoms with Crippen molar-refractivity contribution in [2.45, 2.75) is 13.5 Å². The SMILES string of the molecule is Cc1cccc(-c2nnc(-c3ccc(C(=O)NCc4ccccc4F)cc3)o2)c1. The van der Waals surface area contributed by atoms with E-state index in [-0.39, 0.29) is 18.3 Å². The third kappa shape index (κ3) is 4.21. The van der Waals surface area contributed by atoms with Gasteiger partial charge in [-0.15, -0.1) is 10.2 Å². The summed E-state index contributed by atoms with van der Waals surface area (Å²) in [6.45, 7) is 2.12. The minimum atomic E-state index is -0.344. The van der Waals surface area contributed by atoms with Gasteiger partial charge in [0.25, 0.3) is 5.91 Å². The van der Waals surface area contributed by atoms with Gasteiger partial charge in [-0.2, -0.15) is 0 Å². The fourth-order valence-electron chi connectivity index (χ4n) is 2.92. The van der Waals surface area contributed by atoms with Crippen LogP contribution in [-0.2, 0) is 6.54 Å². The van der Waals surface area contributed by atoms with Crippen LogP contribution < -0.4 is 5.32 Å². The van der Waals surface area contributed by atoms with Gasteiger partial charge in [-0.3, -0.25) is 4.79 Å². The zero-order valence-electron chi connectivity index (χ0n) is 15.7. The Kier molecular flexibility index (Phi) is 5.16. The summed E-state index contributed by atoms with van der Waals surface area (Å²) in [4.78, 5) is 12.3. The van der Waals surface area contributed by atoms with Crippen molar-refractivity contribution in [1.82, 2.24) is 15.5 Å². The first-order valence-electron chi connectivity index (χ1n) is 9.13. The summed E-state index contributed by atoms with van der Waals surface area (Å²) in [5.74, 6) is 0.185. The Bertz CT molecular complexity index is 1150. The molecular weight excluding hydrogens is 369 g/mol. The van der Waals surface area contributed by atoms with Crippen LogP contribution in [0.5, 0.6) is 0 Å². The molecule has 0 saturated carbocycles. The first kappa shape index (κ1) is 18.6. The molecule has 0 aliphatic rings. The van der Waals surface area contributed by atoms with Crippen molar-refractivity contribution in [3.8, 4) is 22.9 Å². The van der Waals surface area contributed by atoms with Crippen molar-refractivity contribution in [3.63, 3.8) is 0 Å². The summed E-state index contributed by atoms with van der Waals surface area (Å²) < 4.78 is 19.4. The van der Waals surface area contributed by atoms with Crippen LogP contribution in [0.25, 0.3) is 22.9 Å². The Morgan fingerprint density at radius 3 is 2.38 bits per heavy atom. The van der Waals surface area contributed by atoms with Crippen LogP contribution in [0.2, 0.25) is 0 Å². The van der Waals surface area contributed by atoms with Crippen LogP contribution >= 0.6 is 0 Å². The number of nitrogens with one attached hydrogen (secondary N) is 1. The minimum Gasteiger partial charge on any atom is -0.416 e. The zero-order valence-corrected chi connectivity index (χ0v) is 15.7. The van der Waals surface area contributed by atoms with Gasteiger partial charge in [0.1, 0.15) is 5.82 Å². The van der Waals surface area contributed by atoms with E-state index in [1.165, 1.54) is 6.07 Å². The molecule has 0 atom stereocenters. The second-order valence-corrected chi connectivity index (χ2v) is 6.63. The topological polar surface area (TPSA) is 68.0 Å². The quantitative estimate of drug-likeness (QED) is 0.535. The van der Waals surface area contributed by atoms with Crippen LogP contribution in [0.15, 0.2) is 77.2 Å². The molecule has 0 radical (unpaired) electrons. The number of hydrogen-bond acceptors (Lipinski definition) is 4. The zero-order chi connectivity index (χ0) is 20.2. The highest BCUT2D eigenvalue weighted by Gasteiger charge is 2.12. The van der Waals surface area contributed by atoms with Crippen molar-refractivity contribution in [2.75, 3.05) is 0 Å². The predicted molar refractivity (Wildman–Crippen MR) is 107 cm³/mol. The largest absolute Gasteiger partial charge is 0.416 e. The van der Waals surface area contributed by atoms with Crippen LogP contribution in [0.4, 0.5) is 4.39 Å². The van der Waals surface area contributed by atoms with Gasteiger partial charge in [0.2, 0.25) is 11.8 Å². The molecule has 5 nitrogen and oxygen atoms in total. The number of carbonyl (C=O) groups is 1. The normalized spacial score (nSPS) is 10.7. The Hall–Kier alpha value is -3.80. The predicted octanol–water partition coefficient (Wildman–Crippen LogP) is 4.78. The second-order valence-electron chi connectivity index (χ2n) is 6.63. The number of amides is 1. The van der Waals surface area contributed by atoms with E-state index in [0.29, 0.717) is 28.5 Å². The molecule has 1 heterocycles. The Balaban J connectivity index is 1.45. The van der Waals surface area contributed by atoms with Crippen LogP contribution in [0.1, 0.15) is 21.5 Å². The van der Waals surface area contributed by atoms with Crippen LogP contribution in [0, 0.1) is 12.7 Å². The van der Waals surface area contributed by atoms with Gasteiger partial charge < -0.3 is 9.73 Å². The molecule has 0 spiro atoms. The van der Waals surface area contributed by atoms with Crippen molar-refractivity contribution >= 4 is 5.91 Å². The van der Waals surface area contributed by atoms with E-state index in [4.69, 9.17) is 4.42 Å². The van der Waals surface area contributed by atoms with Crippen molar-refractivity contribution < 1.29 is 13.6 Å². The summed E-state index contributed by atoms with van der Waals surface area (Å²) >= 11 is 0. The lowest BCUT2D eigenvalue weighted by atomic mass is 10.1. The standard InChI is InChI=1S/C23H18FN3O2/c1-15-5-4-7-18(13-15)23-27-26-22(29-23)17-11-9-16(10-12-17)21(28)25-14-19-6-2-3-8-20(19)24/h2-13H,14H2,1H3,(H,25,28). The molecule has 6 heteroatoms. The number of nitrogens with zero attached hydrogens (tertiary/aromatic N) is 2. The van der Waals surface area contributed by atoms with Gasteiger partial charge in [0, 0.05) is 28.8 Å². The number of hydrogen-bond donors (Lipinski definition) is 1. The summed E-state index contributed by atoms with van der Waals surface area (Å²) in [6.07, 6.45) is 0. The Morgan fingerprint density at radius 1 is 0.931 bits per heavy atom. The highest BCUT2D eigenvalue weighted by molar-refractivity contribution is 5.94. The van der Waals surface area contributed by atoms with Crippen LogP contribution in [-0.4, -0.2) is 16.1 Å². The maximum Gasteiger partial charge on any atom is 0.251 e. The molecule has 0 unspecified atom stereocenters. The van der Waals surface area contributed by atoms with Gasteiger partial charge in [-0.25, -0.2) is 4.39 Å². The highest BCUT2D eigenvalue weighted by atomic mass is 19.1. The van der Waals surface area contributed by atoms with Crippen molar-refractivity contribution in [3.05, 3.63) is 95.3 Å². The molecule has 0 aliphatic heterocycles. The van der Waals surface area contributed by atoms with E-state index in [0.717, 1.165) is 11.1 Å². The lowest BCUT2D eigenvalue weighted by Crippen LogP contribution is -2.23. The monoisotopic (exact) mass is 387 g/mol. The molecule has 144 valence electrons. The lowest BCUT2D eigenvalue weighted by Gasteiger charge is -2.06. The van der Waals surface area contributed by atoms with E-state index < -0.39 is 0 Å². The average molecular weight is 387 g/mol. The molecule has 29 heavy (non-hydrogen) atoms. The van der Waals surface area contributed by atoms with Crippen LogP contribution in [0.3, 0.4) is 0 Å². The average Bonchev–Trinajstić information content (AvgIpc) is 3.23. The minimum absolute atomic E-state index is 0.122. The third-order valence-electron chi connectivity index (χ3n) is 4.48. The van der Waals surface area contributed by atoms with E-state index in [1.54, 1.807) is 42.5 Å². The molecule has 0 fully saturated rings. The third-order valence-corrected chi connectivity index (χ3v) is 4.48. The molecule has 1 N–H and O–H groups in total. The number of carbonyl (C=O) groups excluding carboxylic acids is 1. The van der Waals surface area contributed by atoms with E-state index in [1.807, 2.05) is 31.2 Å². The van der Waals surface area contributed by atoms with E-state index >= 15 is 0 Å². The molecule has 4 rings (SSSR count).